The maximum atomic E-state index is 2.21. The van der Waals surface area contributed by atoms with E-state index >= 15 is 0 Å². The van der Waals surface area contributed by atoms with Crippen LogP contribution in [0.2, 0.25) is 0 Å². The predicted octanol–water partition coefficient (Wildman–Crippen LogP) is 12.4. The Bertz CT molecular complexity index is 418. The van der Waals surface area contributed by atoms with E-state index in [1.807, 2.05) is 0 Å². The van der Waals surface area contributed by atoms with Crippen LogP contribution in [0.5, 0.6) is 0 Å². The molecule has 6 saturated carbocycles. The maximum absolute atomic E-state index is 2.21. The van der Waals surface area contributed by atoms with Gasteiger partial charge in [0.05, 0.1) is 0 Å². The standard InChI is InChI=1S/2C15H27P.2HI.Ni/c2*1-2-8-13(7-1)16(14-9-3-4-10-14)15-11-5-6-12-15;;;/h2*13-15H,1-12H2;2*1H;/q;;;;+2/p-2. The molecule has 6 rings (SSSR count). The fraction of sp³-hybridized carbons (Fsp3) is 1.00. The summed E-state index contributed by atoms with van der Waals surface area (Å²) in [6.07, 6.45) is 38.0. The van der Waals surface area contributed by atoms with E-state index in [0.717, 1.165) is 0 Å². The van der Waals surface area contributed by atoms with Crippen LogP contribution in [0.25, 0.3) is 0 Å². The number of rotatable bonds is 6. The molecule has 0 amide bonds. The molecule has 208 valence electrons. The topological polar surface area (TPSA) is 0 Å². The van der Waals surface area contributed by atoms with Gasteiger partial charge in [-0.05, 0) is 111 Å². The number of hydrogen-bond donors (Lipinski definition) is 0. The molecule has 0 radical (unpaired) electrons. The molecule has 0 atom stereocenters. The van der Waals surface area contributed by atoms with E-state index in [-0.39, 0.29) is 0 Å². The van der Waals surface area contributed by atoms with Crippen molar-refractivity contribution in [2.75, 3.05) is 0 Å². The summed E-state index contributed by atoms with van der Waals surface area (Å²) in [4.78, 5) is 0. The van der Waals surface area contributed by atoms with Gasteiger partial charge in [-0.15, -0.1) is 0 Å². The second kappa shape index (κ2) is 17.6. The summed E-state index contributed by atoms with van der Waals surface area (Å²) in [5, 5.41) is 0. The molecule has 0 saturated heterocycles. The van der Waals surface area contributed by atoms with Gasteiger partial charge in [-0.2, -0.15) is 0 Å². The molecule has 0 unspecified atom stereocenters. The van der Waals surface area contributed by atoms with Crippen molar-refractivity contribution in [3.63, 3.8) is 0 Å². The number of halogens is 2. The van der Waals surface area contributed by atoms with Crippen LogP contribution in [0.15, 0.2) is 0 Å². The predicted molar refractivity (Wildman–Crippen MR) is 175 cm³/mol. The Labute approximate surface area is 250 Å². The molecule has 0 aromatic heterocycles. The van der Waals surface area contributed by atoms with Gasteiger partial charge in [-0.25, -0.2) is 0 Å². The quantitative estimate of drug-likeness (QED) is 0.143. The van der Waals surface area contributed by atoms with Gasteiger partial charge in [0.25, 0.3) is 0 Å². The Morgan fingerprint density at radius 1 is 0.314 bits per heavy atom. The van der Waals surface area contributed by atoms with Crippen molar-refractivity contribution in [1.29, 1.82) is 0 Å². The van der Waals surface area contributed by atoms with E-state index in [1.54, 1.807) is 162 Å². The van der Waals surface area contributed by atoms with Crippen LogP contribution in [0, 0.1) is 0 Å². The van der Waals surface area contributed by atoms with Gasteiger partial charge in [0.2, 0.25) is 0 Å². The molecular weight excluding hydrogens is 735 g/mol. The molecule has 6 aliphatic rings. The zero-order chi connectivity index (χ0) is 24.3. The second-order valence-corrected chi connectivity index (χ2v) is 27.1. The number of hydrogen-bond acceptors (Lipinski definition) is 0. The van der Waals surface area contributed by atoms with E-state index in [0.29, 0.717) is 15.8 Å². The SMILES string of the molecule is C1CCC(P(C2CCCC2)C2CCCC2)C1.C1CCC(P(C2CCCC2)C2CCCC2)C1.[I][Ni][I]. The average Bonchev–Trinajstić information content (AvgIpc) is 3.70. The summed E-state index contributed by atoms with van der Waals surface area (Å²) < 4.78 is 0. The zero-order valence-electron chi connectivity index (χ0n) is 22.4. The molecule has 0 N–H and O–H groups in total. The van der Waals surface area contributed by atoms with Crippen molar-refractivity contribution >= 4 is 56.8 Å². The van der Waals surface area contributed by atoms with Crippen LogP contribution in [0.1, 0.15) is 154 Å². The fourth-order valence-electron chi connectivity index (χ4n) is 9.00. The van der Waals surface area contributed by atoms with Crippen LogP contribution >= 0.6 is 56.8 Å². The monoisotopic (exact) mass is 788 g/mol. The third-order valence-corrected chi connectivity index (χ3v) is 18.6. The van der Waals surface area contributed by atoms with Crippen LogP contribution in [-0.2, 0) is 8.07 Å². The van der Waals surface area contributed by atoms with E-state index in [9.17, 15) is 0 Å². The second-order valence-electron chi connectivity index (χ2n) is 12.6. The fourth-order valence-corrected chi connectivity index (χ4v) is 18.3. The summed E-state index contributed by atoms with van der Waals surface area (Å²) in [5.41, 5.74) is 7.26. The molecule has 6 fully saturated rings. The van der Waals surface area contributed by atoms with Crippen LogP contribution in [-0.4, -0.2) is 34.0 Å². The average molecular weight is 789 g/mol. The van der Waals surface area contributed by atoms with Crippen molar-refractivity contribution in [3.8, 4) is 0 Å². The van der Waals surface area contributed by atoms with Crippen LogP contribution in [0.3, 0.4) is 0 Å². The first-order valence-electron chi connectivity index (χ1n) is 15.7. The Morgan fingerprint density at radius 3 is 0.543 bits per heavy atom. The summed E-state index contributed by atoms with van der Waals surface area (Å²) in [6.45, 7) is 0. The first-order valence-corrected chi connectivity index (χ1v) is 25.2. The summed E-state index contributed by atoms with van der Waals surface area (Å²) in [6, 6.07) is 0. The summed E-state index contributed by atoms with van der Waals surface area (Å²) in [7, 11) is 2.44. The molecule has 0 aromatic carbocycles. The Hall–Kier alpha value is 2.81. The molecule has 6 aliphatic carbocycles. The van der Waals surface area contributed by atoms with Crippen LogP contribution < -0.4 is 0 Å². The van der Waals surface area contributed by atoms with Gasteiger partial charge in [-0.1, -0.05) is 92.9 Å². The zero-order valence-corrected chi connectivity index (χ0v) is 29.5. The van der Waals surface area contributed by atoms with Crippen molar-refractivity contribution in [3.05, 3.63) is 0 Å². The van der Waals surface area contributed by atoms with Gasteiger partial charge < -0.3 is 0 Å². The van der Waals surface area contributed by atoms with E-state index in [1.165, 1.54) is 34.0 Å². The molecule has 0 heterocycles. The minimum absolute atomic E-state index is 0.436. The molecule has 35 heavy (non-hydrogen) atoms. The molecule has 0 aromatic rings. The Balaban J connectivity index is 0.000000149. The summed E-state index contributed by atoms with van der Waals surface area (Å²) in [5.74, 6) is 0. The van der Waals surface area contributed by atoms with E-state index < -0.39 is 0 Å². The van der Waals surface area contributed by atoms with Crippen molar-refractivity contribution in [1.82, 2.24) is 0 Å². The van der Waals surface area contributed by atoms with Crippen LogP contribution in [0.4, 0.5) is 0 Å². The normalized spacial score (nSPS) is 27.9. The van der Waals surface area contributed by atoms with Gasteiger partial charge in [-0.3, -0.25) is 0 Å². The minimum atomic E-state index is 0.436. The molecule has 0 nitrogen and oxygen atoms in total. The molecule has 5 heteroatoms. The Kier molecular flexibility index (Phi) is 15.5. The molecule has 0 spiro atoms. The van der Waals surface area contributed by atoms with E-state index in [2.05, 4.69) is 41.0 Å². The first-order chi connectivity index (χ1) is 17.3. The van der Waals surface area contributed by atoms with Crippen molar-refractivity contribution in [2.24, 2.45) is 0 Å². The Morgan fingerprint density at radius 2 is 0.429 bits per heavy atom. The third kappa shape index (κ3) is 9.42. The third-order valence-electron chi connectivity index (χ3n) is 10.5. The first kappa shape index (κ1) is 30.8. The molecule has 0 bridgehead atoms. The molecular formula is C30H54I2NiP2. The molecule has 0 aliphatic heterocycles. The van der Waals surface area contributed by atoms with Gasteiger partial charge in [0.15, 0.2) is 0 Å². The van der Waals surface area contributed by atoms with Gasteiger partial charge in [0, 0.05) is 0 Å². The van der Waals surface area contributed by atoms with Gasteiger partial charge >= 0.3 is 49.0 Å². The van der Waals surface area contributed by atoms with E-state index in [4.69, 9.17) is 0 Å². The van der Waals surface area contributed by atoms with Crippen molar-refractivity contribution < 1.29 is 8.07 Å². The summed E-state index contributed by atoms with van der Waals surface area (Å²) >= 11 is 4.43. The van der Waals surface area contributed by atoms with Gasteiger partial charge in [0.1, 0.15) is 0 Å². The van der Waals surface area contributed by atoms with Crippen molar-refractivity contribution in [2.45, 2.75) is 188 Å².